The summed E-state index contributed by atoms with van der Waals surface area (Å²) >= 11 is 0. The molecule has 0 aromatic heterocycles. The highest BCUT2D eigenvalue weighted by Crippen LogP contribution is 2.38. The molecule has 1 aliphatic carbocycles. The van der Waals surface area contributed by atoms with Crippen molar-refractivity contribution >= 4 is 15.7 Å². The van der Waals surface area contributed by atoms with E-state index < -0.39 is 10.0 Å². The van der Waals surface area contributed by atoms with Crippen LogP contribution in [0.4, 0.5) is 10.1 Å². The van der Waals surface area contributed by atoms with Crippen molar-refractivity contribution in [2.24, 2.45) is 0 Å². The van der Waals surface area contributed by atoms with E-state index in [-0.39, 0.29) is 11.9 Å². The smallest absolute Gasteiger partial charge is 0.211 e. The van der Waals surface area contributed by atoms with Gasteiger partial charge in [-0.25, -0.2) is 12.8 Å². The first kappa shape index (κ1) is 20.8. The molecule has 0 aliphatic heterocycles. The van der Waals surface area contributed by atoms with E-state index in [4.69, 9.17) is 0 Å². The second kappa shape index (κ2) is 8.62. The van der Waals surface area contributed by atoms with Crippen LogP contribution in [0, 0.1) is 12.7 Å². The Bertz CT molecular complexity index is 905. The van der Waals surface area contributed by atoms with E-state index in [1.54, 1.807) is 16.4 Å². The number of hydrogen-bond donors (Lipinski definition) is 1. The Balaban J connectivity index is 1.73. The molecule has 4 nitrogen and oxygen atoms in total. The molecule has 0 heterocycles. The summed E-state index contributed by atoms with van der Waals surface area (Å²) < 4.78 is 39.6. The Kier molecular flexibility index (Phi) is 6.40. The second-order valence-electron chi connectivity index (χ2n) is 7.76. The van der Waals surface area contributed by atoms with Gasteiger partial charge in [0.05, 0.1) is 6.26 Å². The number of sulfonamides is 1. The lowest BCUT2D eigenvalue weighted by Crippen LogP contribution is -2.41. The van der Waals surface area contributed by atoms with Crippen molar-refractivity contribution in [1.82, 2.24) is 4.31 Å². The SMILES string of the molecule is CNc1ccc(C)c([C@H]2CC[C@H](N(Cc3ccc(F)cc3)S(C)(=O)=O)CC2)c1. The summed E-state index contributed by atoms with van der Waals surface area (Å²) in [4.78, 5) is 0. The maximum atomic E-state index is 13.2. The Morgan fingerprint density at radius 3 is 2.29 bits per heavy atom. The molecule has 3 rings (SSSR count). The van der Waals surface area contributed by atoms with Crippen LogP contribution in [-0.2, 0) is 16.6 Å². The molecule has 0 bridgehead atoms. The molecule has 2 aromatic rings. The van der Waals surface area contributed by atoms with Crippen LogP contribution < -0.4 is 5.32 Å². The predicted molar refractivity (Wildman–Crippen MR) is 113 cm³/mol. The van der Waals surface area contributed by atoms with Gasteiger partial charge in [0.25, 0.3) is 0 Å². The average Bonchev–Trinajstić information content (AvgIpc) is 2.67. The molecule has 0 amide bonds. The summed E-state index contributed by atoms with van der Waals surface area (Å²) in [5, 5.41) is 3.20. The maximum Gasteiger partial charge on any atom is 0.211 e. The minimum Gasteiger partial charge on any atom is -0.388 e. The lowest BCUT2D eigenvalue weighted by Gasteiger charge is -2.36. The first-order valence-corrected chi connectivity index (χ1v) is 11.6. The van der Waals surface area contributed by atoms with Crippen LogP contribution in [0.3, 0.4) is 0 Å². The number of rotatable bonds is 6. The lowest BCUT2D eigenvalue weighted by molar-refractivity contribution is 0.235. The zero-order valence-electron chi connectivity index (χ0n) is 16.8. The van der Waals surface area contributed by atoms with Gasteiger partial charge in [0.15, 0.2) is 0 Å². The van der Waals surface area contributed by atoms with Gasteiger partial charge in [-0.3, -0.25) is 0 Å². The molecular formula is C22H29FN2O2S. The predicted octanol–water partition coefficient (Wildman–Crippen LogP) is 4.66. The molecule has 0 spiro atoms. The molecule has 1 N–H and O–H groups in total. The van der Waals surface area contributed by atoms with E-state index in [1.807, 2.05) is 7.05 Å². The summed E-state index contributed by atoms with van der Waals surface area (Å²) in [6, 6.07) is 12.5. The topological polar surface area (TPSA) is 49.4 Å². The van der Waals surface area contributed by atoms with Crippen molar-refractivity contribution < 1.29 is 12.8 Å². The molecule has 2 aromatic carbocycles. The average molecular weight is 405 g/mol. The molecule has 0 unspecified atom stereocenters. The van der Waals surface area contributed by atoms with Crippen LogP contribution in [0.2, 0.25) is 0 Å². The fourth-order valence-electron chi connectivity index (χ4n) is 4.20. The highest BCUT2D eigenvalue weighted by molar-refractivity contribution is 7.88. The van der Waals surface area contributed by atoms with Crippen molar-refractivity contribution in [2.45, 2.75) is 51.1 Å². The molecule has 1 fully saturated rings. The largest absolute Gasteiger partial charge is 0.388 e. The Hall–Kier alpha value is -1.92. The van der Waals surface area contributed by atoms with Crippen LogP contribution in [0.1, 0.15) is 48.3 Å². The highest BCUT2D eigenvalue weighted by Gasteiger charge is 2.32. The van der Waals surface area contributed by atoms with Gasteiger partial charge < -0.3 is 5.32 Å². The van der Waals surface area contributed by atoms with E-state index >= 15 is 0 Å². The molecule has 0 radical (unpaired) electrons. The van der Waals surface area contributed by atoms with Crippen molar-refractivity contribution in [3.05, 3.63) is 65.0 Å². The van der Waals surface area contributed by atoms with Gasteiger partial charge in [-0.2, -0.15) is 4.31 Å². The van der Waals surface area contributed by atoms with Crippen molar-refractivity contribution in [2.75, 3.05) is 18.6 Å². The number of anilines is 1. The fourth-order valence-corrected chi connectivity index (χ4v) is 5.33. The van der Waals surface area contributed by atoms with Crippen LogP contribution >= 0.6 is 0 Å². The molecular weight excluding hydrogens is 375 g/mol. The molecule has 0 saturated heterocycles. The normalized spacial score (nSPS) is 20.3. The van der Waals surface area contributed by atoms with Gasteiger partial charge in [0.2, 0.25) is 10.0 Å². The van der Waals surface area contributed by atoms with E-state index in [9.17, 15) is 12.8 Å². The highest BCUT2D eigenvalue weighted by atomic mass is 32.2. The fraction of sp³-hybridized carbons (Fsp3) is 0.455. The Morgan fingerprint density at radius 2 is 1.71 bits per heavy atom. The molecule has 152 valence electrons. The Morgan fingerprint density at radius 1 is 1.07 bits per heavy atom. The summed E-state index contributed by atoms with van der Waals surface area (Å²) in [6.07, 6.45) is 4.87. The molecule has 1 aliphatic rings. The summed E-state index contributed by atoms with van der Waals surface area (Å²) in [5.74, 6) is 0.145. The van der Waals surface area contributed by atoms with Gasteiger partial charge in [0.1, 0.15) is 5.82 Å². The zero-order valence-corrected chi connectivity index (χ0v) is 17.6. The first-order chi connectivity index (χ1) is 13.3. The van der Waals surface area contributed by atoms with Crippen molar-refractivity contribution in [3.63, 3.8) is 0 Å². The van der Waals surface area contributed by atoms with Crippen LogP contribution in [0.25, 0.3) is 0 Å². The lowest BCUT2D eigenvalue weighted by atomic mass is 9.80. The van der Waals surface area contributed by atoms with Crippen molar-refractivity contribution in [3.8, 4) is 0 Å². The van der Waals surface area contributed by atoms with E-state index in [0.717, 1.165) is 36.9 Å². The third-order valence-corrected chi connectivity index (χ3v) is 7.07. The monoisotopic (exact) mass is 404 g/mol. The van der Waals surface area contributed by atoms with Crippen LogP contribution in [0.15, 0.2) is 42.5 Å². The Labute approximate surface area is 167 Å². The van der Waals surface area contributed by atoms with Gasteiger partial charge in [0, 0.05) is 25.3 Å². The number of halogens is 1. The molecule has 1 saturated carbocycles. The minimum absolute atomic E-state index is 0.0101. The van der Waals surface area contributed by atoms with Gasteiger partial charge >= 0.3 is 0 Å². The van der Waals surface area contributed by atoms with Gasteiger partial charge in [-0.1, -0.05) is 18.2 Å². The number of aryl methyl sites for hydroxylation is 1. The van der Waals surface area contributed by atoms with E-state index in [2.05, 4.69) is 30.4 Å². The van der Waals surface area contributed by atoms with Gasteiger partial charge in [-0.05, 0) is 79.5 Å². The van der Waals surface area contributed by atoms with Crippen LogP contribution in [0.5, 0.6) is 0 Å². The third kappa shape index (κ3) is 4.92. The van der Waals surface area contributed by atoms with E-state index in [1.165, 1.54) is 29.5 Å². The maximum absolute atomic E-state index is 13.2. The second-order valence-corrected chi connectivity index (χ2v) is 9.70. The molecule has 6 heteroatoms. The summed E-state index contributed by atoms with van der Waals surface area (Å²) in [6.45, 7) is 2.43. The number of benzene rings is 2. The third-order valence-electron chi connectivity index (χ3n) is 5.79. The van der Waals surface area contributed by atoms with Crippen molar-refractivity contribution in [1.29, 1.82) is 0 Å². The quantitative estimate of drug-likeness (QED) is 0.762. The summed E-state index contributed by atoms with van der Waals surface area (Å²) in [7, 11) is -1.42. The summed E-state index contributed by atoms with van der Waals surface area (Å²) in [5.41, 5.74) is 4.56. The zero-order chi connectivity index (χ0) is 20.3. The molecule has 0 atom stereocenters. The first-order valence-electron chi connectivity index (χ1n) is 9.77. The van der Waals surface area contributed by atoms with Gasteiger partial charge in [-0.15, -0.1) is 0 Å². The van der Waals surface area contributed by atoms with Crippen LogP contribution in [-0.4, -0.2) is 32.1 Å². The number of nitrogens with one attached hydrogen (secondary N) is 1. The standard InChI is InChI=1S/C22H29FN2O2S/c1-16-4-11-20(24-2)14-22(16)18-7-12-21(13-8-18)25(28(3,26)27)15-17-5-9-19(23)10-6-17/h4-6,9-11,14,18,21,24H,7-8,12-13,15H2,1-3H3/t18-,21-. The number of nitrogens with zero attached hydrogens (tertiary/aromatic N) is 1. The van der Waals surface area contributed by atoms with E-state index in [0.29, 0.717) is 12.5 Å². The minimum atomic E-state index is -3.34. The molecule has 28 heavy (non-hydrogen) atoms. The number of hydrogen-bond acceptors (Lipinski definition) is 3.